The van der Waals surface area contributed by atoms with Crippen molar-refractivity contribution in [3.8, 4) is 17.6 Å². The van der Waals surface area contributed by atoms with Gasteiger partial charge in [-0.2, -0.15) is 62.3 Å². The molecule has 396 valence electrons. The van der Waals surface area contributed by atoms with Gasteiger partial charge in [-0.3, -0.25) is 14.4 Å². The average Bonchev–Trinajstić information content (AvgIpc) is 3.33. The van der Waals surface area contributed by atoms with E-state index in [1.54, 1.807) is 42.5 Å². The zero-order valence-corrected chi connectivity index (χ0v) is 38.4. The van der Waals surface area contributed by atoms with E-state index in [4.69, 9.17) is 33.7 Å². The molecular formula is C48H48F13NO10. The Balaban J connectivity index is 1.32. The number of fused-ring (bicyclic) bond motifs is 2. The number of ether oxygens (including phenoxy) is 7. The summed E-state index contributed by atoms with van der Waals surface area (Å²) in [7, 11) is 0. The largest absolute Gasteiger partial charge is 0.491 e. The molecule has 0 N–H and O–H groups in total. The molecule has 72 heavy (non-hydrogen) atoms. The number of carbonyl (C=O) groups is 3. The number of hydrogen-bond acceptors (Lipinski definition) is 11. The minimum absolute atomic E-state index is 0.00524. The number of carbonyl (C=O) groups excluding carboxylic acids is 3. The summed E-state index contributed by atoms with van der Waals surface area (Å²) in [6, 6.07) is 25.4. The molecule has 0 aliphatic carbocycles. The molecule has 4 rings (SSSR count). The first-order valence-corrected chi connectivity index (χ1v) is 22.0. The van der Waals surface area contributed by atoms with Crippen molar-refractivity contribution in [2.45, 2.75) is 75.3 Å². The summed E-state index contributed by atoms with van der Waals surface area (Å²) >= 11 is 0. The summed E-state index contributed by atoms with van der Waals surface area (Å²) in [6.45, 7) is 0.0697. The van der Waals surface area contributed by atoms with Crippen LogP contribution in [0.2, 0.25) is 0 Å². The number of halogens is 13. The predicted octanol–water partition coefficient (Wildman–Crippen LogP) is 11.2. The molecule has 24 heteroatoms. The minimum Gasteiger partial charge on any atom is -0.491 e. The average molecular weight is 1050 g/mol. The molecule has 0 spiro atoms. The first-order chi connectivity index (χ1) is 33.7. The molecule has 3 atom stereocenters. The van der Waals surface area contributed by atoms with Gasteiger partial charge < -0.3 is 33.2 Å². The topological polar surface area (TPSA) is 140 Å². The third-order valence-electron chi connectivity index (χ3n) is 11.0. The number of nitrogens with zero attached hydrogens (tertiary/aromatic N) is 1. The number of nitriles is 1. The summed E-state index contributed by atoms with van der Waals surface area (Å²) in [5.41, 5.74) is 0.477. The van der Waals surface area contributed by atoms with Crippen LogP contribution in [0.4, 0.5) is 57.1 Å². The fraction of sp³-hybridized carbons (Fsp3) is 0.500. The summed E-state index contributed by atoms with van der Waals surface area (Å²) in [4.78, 5) is 39.3. The van der Waals surface area contributed by atoms with Gasteiger partial charge in [0.1, 0.15) is 37.9 Å². The molecule has 0 saturated carbocycles. The first kappa shape index (κ1) is 58.5. The van der Waals surface area contributed by atoms with Crippen molar-refractivity contribution in [2.75, 3.05) is 59.5 Å². The van der Waals surface area contributed by atoms with Crippen molar-refractivity contribution in [3.63, 3.8) is 0 Å². The monoisotopic (exact) mass is 1050 g/mol. The molecule has 0 aliphatic heterocycles. The van der Waals surface area contributed by atoms with Crippen LogP contribution in [0.1, 0.15) is 45.1 Å². The van der Waals surface area contributed by atoms with Crippen molar-refractivity contribution in [1.29, 1.82) is 5.26 Å². The predicted molar refractivity (Wildman–Crippen MR) is 229 cm³/mol. The Bertz CT molecular complexity index is 2480. The van der Waals surface area contributed by atoms with E-state index < -0.39 is 104 Å². The van der Waals surface area contributed by atoms with E-state index in [1.807, 2.05) is 42.5 Å². The van der Waals surface area contributed by atoms with Crippen LogP contribution in [-0.4, -0.2) is 113 Å². The molecule has 0 saturated heterocycles. The second kappa shape index (κ2) is 25.0. The Hall–Kier alpha value is -6.09. The maximum atomic E-state index is 14.4. The van der Waals surface area contributed by atoms with Crippen LogP contribution in [0.15, 0.2) is 78.9 Å². The highest BCUT2D eigenvalue weighted by atomic mass is 19.4. The Morgan fingerprint density at radius 3 is 1.53 bits per heavy atom. The van der Waals surface area contributed by atoms with E-state index in [0.29, 0.717) is 17.1 Å². The summed E-state index contributed by atoms with van der Waals surface area (Å²) in [6.07, 6.45) is -11.6. The quantitative estimate of drug-likeness (QED) is 0.0222. The van der Waals surface area contributed by atoms with Crippen LogP contribution in [0.5, 0.6) is 11.5 Å². The van der Waals surface area contributed by atoms with Gasteiger partial charge in [-0.05, 0) is 77.2 Å². The molecule has 0 radical (unpaired) electrons. The first-order valence-electron chi connectivity index (χ1n) is 22.0. The Morgan fingerprint density at radius 1 is 0.514 bits per heavy atom. The smallest absolute Gasteiger partial charge is 0.460 e. The minimum atomic E-state index is -8.09. The van der Waals surface area contributed by atoms with Crippen molar-refractivity contribution in [3.05, 3.63) is 84.4 Å². The van der Waals surface area contributed by atoms with Gasteiger partial charge in [0.25, 0.3) is 0 Å². The lowest BCUT2D eigenvalue weighted by Crippen LogP contribution is -2.70. The molecule has 0 fully saturated rings. The van der Waals surface area contributed by atoms with Gasteiger partial charge in [0.2, 0.25) is 0 Å². The van der Waals surface area contributed by atoms with E-state index in [2.05, 4.69) is 4.74 Å². The highest BCUT2D eigenvalue weighted by Crippen LogP contribution is 2.60. The van der Waals surface area contributed by atoms with Crippen LogP contribution >= 0.6 is 0 Å². The number of rotatable bonds is 29. The normalized spacial score (nSPS) is 14.0. The maximum absolute atomic E-state index is 14.4. The summed E-state index contributed by atoms with van der Waals surface area (Å²) < 4.78 is 214. The van der Waals surface area contributed by atoms with E-state index in [1.165, 1.54) is 13.8 Å². The fourth-order valence-electron chi connectivity index (χ4n) is 6.89. The van der Waals surface area contributed by atoms with Gasteiger partial charge in [-0.1, -0.05) is 56.3 Å². The van der Waals surface area contributed by atoms with Crippen LogP contribution in [0.25, 0.3) is 21.5 Å². The molecule has 0 aliphatic rings. The third-order valence-corrected chi connectivity index (χ3v) is 11.0. The molecule has 0 amide bonds. The van der Waals surface area contributed by atoms with Gasteiger partial charge in [0.05, 0.1) is 68.8 Å². The lowest BCUT2D eigenvalue weighted by molar-refractivity contribution is -0.440. The van der Waals surface area contributed by atoms with Crippen molar-refractivity contribution in [1.82, 2.24) is 0 Å². The Morgan fingerprint density at radius 2 is 0.972 bits per heavy atom. The Kier molecular flexibility index (Phi) is 20.3. The van der Waals surface area contributed by atoms with Crippen molar-refractivity contribution < 1.29 is 105 Å². The number of benzene rings is 4. The highest BCUT2D eigenvalue weighted by Gasteiger charge is 2.90. The van der Waals surface area contributed by atoms with E-state index in [-0.39, 0.29) is 52.7 Å². The molecule has 4 aromatic carbocycles. The van der Waals surface area contributed by atoms with Crippen molar-refractivity contribution in [2.24, 2.45) is 17.8 Å². The van der Waals surface area contributed by atoms with Crippen LogP contribution in [0.3, 0.4) is 0 Å². The maximum Gasteiger partial charge on any atom is 0.460 e. The van der Waals surface area contributed by atoms with Crippen molar-refractivity contribution >= 4 is 39.5 Å². The van der Waals surface area contributed by atoms with E-state index in [0.717, 1.165) is 21.5 Å². The highest BCUT2D eigenvalue weighted by molar-refractivity contribution is 5.85. The van der Waals surface area contributed by atoms with E-state index >= 15 is 0 Å². The van der Waals surface area contributed by atoms with Crippen LogP contribution in [0, 0.1) is 29.1 Å². The standard InChI is InChI=1S/C48H48F13NO10/c1-3-32(41(64)70-15-14-43(49,50)44(51,52)45(53,54)46(55,56)47(57,58)48(59,60)61)26-37(42(65)72-23-19-67-17-21-69-39-13-11-35-25-31(29-62)8-9-36(35)28-39)24-30(2)40(63)71-22-18-66-16-20-68-38-12-10-33-6-4-5-7-34(33)27-38/h4-13,25,27-28,30,32,37H,3,14-24,26H2,1-2H3. The Labute approximate surface area is 403 Å². The number of esters is 3. The molecule has 0 bridgehead atoms. The molecule has 0 aromatic heterocycles. The summed E-state index contributed by atoms with van der Waals surface area (Å²) in [5.74, 6) is -44.4. The van der Waals surface area contributed by atoms with Gasteiger partial charge in [0, 0.05) is 0 Å². The van der Waals surface area contributed by atoms with Crippen LogP contribution < -0.4 is 9.47 Å². The molecule has 4 aromatic rings. The second-order valence-electron chi connectivity index (χ2n) is 16.2. The molecule has 3 unspecified atom stereocenters. The van der Waals surface area contributed by atoms with Gasteiger partial charge in [-0.25, -0.2) is 0 Å². The van der Waals surface area contributed by atoms with Gasteiger partial charge >= 0.3 is 53.7 Å². The SMILES string of the molecule is CCC(CC(CC(C)C(=O)OCCOCCOc1ccc2ccccc2c1)C(=O)OCCOCCOc1ccc2cc(C#N)ccc2c1)C(=O)OCCC(F)(F)C(F)(F)C(F)(F)C(F)(F)C(F)(F)C(F)(F)F. The number of hydrogen-bond donors (Lipinski definition) is 0. The van der Waals surface area contributed by atoms with Gasteiger partial charge in [-0.15, -0.1) is 0 Å². The molecule has 0 heterocycles. The zero-order valence-electron chi connectivity index (χ0n) is 38.4. The fourth-order valence-corrected chi connectivity index (χ4v) is 6.89. The zero-order chi connectivity index (χ0) is 53.5. The van der Waals surface area contributed by atoms with E-state index in [9.17, 15) is 71.5 Å². The third kappa shape index (κ3) is 14.5. The lowest BCUT2D eigenvalue weighted by Gasteiger charge is -2.39. The van der Waals surface area contributed by atoms with Gasteiger partial charge in [0.15, 0.2) is 0 Å². The molecule has 11 nitrogen and oxygen atoms in total. The summed E-state index contributed by atoms with van der Waals surface area (Å²) in [5, 5.41) is 12.7. The second-order valence-corrected chi connectivity index (χ2v) is 16.2. The lowest BCUT2D eigenvalue weighted by atomic mass is 9.86. The molecular weight excluding hydrogens is 997 g/mol. The van der Waals surface area contributed by atoms with Crippen LogP contribution in [-0.2, 0) is 38.1 Å². The number of alkyl halides is 13.